The van der Waals surface area contributed by atoms with Gasteiger partial charge in [0.1, 0.15) is 5.75 Å². The SMILES string of the molecule is CCCCOc1cccc(NCC(=O)Nc2ccccc2Br)c1. The van der Waals surface area contributed by atoms with Crippen LogP contribution < -0.4 is 15.4 Å². The number of anilines is 2. The summed E-state index contributed by atoms with van der Waals surface area (Å²) in [5, 5.41) is 5.96. The highest BCUT2D eigenvalue weighted by Crippen LogP contribution is 2.21. The predicted octanol–water partition coefficient (Wildman–Crippen LogP) is 4.68. The summed E-state index contributed by atoms with van der Waals surface area (Å²) in [6, 6.07) is 15.2. The molecule has 23 heavy (non-hydrogen) atoms. The molecular weight excluding hydrogens is 356 g/mol. The Morgan fingerprint density at radius 1 is 1.17 bits per heavy atom. The second-order valence-electron chi connectivity index (χ2n) is 5.11. The van der Waals surface area contributed by atoms with Crippen LogP contribution >= 0.6 is 15.9 Å². The van der Waals surface area contributed by atoms with Crippen molar-refractivity contribution in [3.8, 4) is 5.75 Å². The summed E-state index contributed by atoms with van der Waals surface area (Å²) in [5.41, 5.74) is 1.62. The number of benzene rings is 2. The maximum Gasteiger partial charge on any atom is 0.243 e. The summed E-state index contributed by atoms with van der Waals surface area (Å²) >= 11 is 3.41. The first-order valence-corrected chi connectivity index (χ1v) is 8.49. The monoisotopic (exact) mass is 376 g/mol. The molecule has 0 unspecified atom stereocenters. The van der Waals surface area contributed by atoms with Gasteiger partial charge in [-0.3, -0.25) is 4.79 Å². The number of carbonyl (C=O) groups is 1. The Bertz CT molecular complexity index is 646. The third-order valence-corrected chi connectivity index (χ3v) is 3.89. The van der Waals surface area contributed by atoms with E-state index in [1.165, 1.54) is 0 Å². The van der Waals surface area contributed by atoms with Crippen LogP contribution in [0.1, 0.15) is 19.8 Å². The fourth-order valence-electron chi connectivity index (χ4n) is 1.97. The zero-order chi connectivity index (χ0) is 16.5. The van der Waals surface area contributed by atoms with Gasteiger partial charge in [0.05, 0.1) is 18.8 Å². The first-order valence-electron chi connectivity index (χ1n) is 7.70. The molecule has 2 aromatic rings. The average molecular weight is 377 g/mol. The summed E-state index contributed by atoms with van der Waals surface area (Å²) < 4.78 is 6.52. The van der Waals surface area contributed by atoms with Gasteiger partial charge in [-0.05, 0) is 46.6 Å². The minimum atomic E-state index is -0.103. The third kappa shape index (κ3) is 5.94. The van der Waals surface area contributed by atoms with Gasteiger partial charge in [0.2, 0.25) is 5.91 Å². The van der Waals surface area contributed by atoms with E-state index < -0.39 is 0 Å². The molecule has 0 saturated carbocycles. The lowest BCUT2D eigenvalue weighted by Gasteiger charge is -2.11. The van der Waals surface area contributed by atoms with Crippen molar-refractivity contribution in [3.63, 3.8) is 0 Å². The van der Waals surface area contributed by atoms with Gasteiger partial charge in [0, 0.05) is 16.2 Å². The second-order valence-corrected chi connectivity index (χ2v) is 5.97. The van der Waals surface area contributed by atoms with Crippen molar-refractivity contribution in [1.82, 2.24) is 0 Å². The molecule has 0 atom stereocenters. The normalized spacial score (nSPS) is 10.2. The fraction of sp³-hybridized carbons (Fsp3) is 0.278. The van der Waals surface area contributed by atoms with E-state index in [4.69, 9.17) is 4.74 Å². The Morgan fingerprint density at radius 3 is 2.78 bits per heavy atom. The lowest BCUT2D eigenvalue weighted by molar-refractivity contribution is -0.114. The smallest absolute Gasteiger partial charge is 0.243 e. The van der Waals surface area contributed by atoms with Crippen LogP contribution in [-0.2, 0) is 4.79 Å². The van der Waals surface area contributed by atoms with Crippen LogP contribution in [-0.4, -0.2) is 19.1 Å². The van der Waals surface area contributed by atoms with Crippen molar-refractivity contribution >= 4 is 33.2 Å². The van der Waals surface area contributed by atoms with E-state index in [9.17, 15) is 4.79 Å². The quantitative estimate of drug-likeness (QED) is 0.657. The zero-order valence-corrected chi connectivity index (χ0v) is 14.7. The van der Waals surface area contributed by atoms with Crippen LogP contribution in [0.3, 0.4) is 0 Å². The molecular formula is C18H21BrN2O2. The Hall–Kier alpha value is -2.01. The average Bonchev–Trinajstić information content (AvgIpc) is 2.56. The van der Waals surface area contributed by atoms with Crippen LogP contribution in [0.4, 0.5) is 11.4 Å². The summed E-state index contributed by atoms with van der Waals surface area (Å²) in [4.78, 5) is 12.0. The summed E-state index contributed by atoms with van der Waals surface area (Å²) in [6.07, 6.45) is 2.14. The van der Waals surface area contributed by atoms with Crippen LogP contribution in [0.5, 0.6) is 5.75 Å². The number of hydrogen-bond donors (Lipinski definition) is 2. The van der Waals surface area contributed by atoms with E-state index in [1.54, 1.807) is 0 Å². The number of hydrogen-bond acceptors (Lipinski definition) is 3. The van der Waals surface area contributed by atoms with Crippen LogP contribution in [0.15, 0.2) is 53.0 Å². The number of ether oxygens (including phenoxy) is 1. The molecule has 1 amide bonds. The molecule has 0 radical (unpaired) electrons. The number of para-hydroxylation sites is 1. The van der Waals surface area contributed by atoms with Crippen molar-refractivity contribution < 1.29 is 9.53 Å². The Morgan fingerprint density at radius 2 is 2.00 bits per heavy atom. The van der Waals surface area contributed by atoms with Gasteiger partial charge >= 0.3 is 0 Å². The maximum absolute atomic E-state index is 12.0. The molecule has 0 heterocycles. The standard InChI is InChI=1S/C18H21BrN2O2/c1-2-3-11-23-15-8-6-7-14(12-15)20-13-18(22)21-17-10-5-4-9-16(17)19/h4-10,12,20H,2-3,11,13H2,1H3,(H,21,22). The van der Waals surface area contributed by atoms with E-state index >= 15 is 0 Å². The number of amides is 1. The maximum atomic E-state index is 12.0. The summed E-state index contributed by atoms with van der Waals surface area (Å²) in [6.45, 7) is 3.03. The predicted molar refractivity (Wildman–Crippen MR) is 98.1 cm³/mol. The summed E-state index contributed by atoms with van der Waals surface area (Å²) in [7, 11) is 0. The second kappa shape index (κ2) is 9.20. The van der Waals surface area contributed by atoms with Crippen molar-refractivity contribution in [1.29, 1.82) is 0 Å². The molecule has 0 bridgehead atoms. The highest BCUT2D eigenvalue weighted by atomic mass is 79.9. The molecule has 2 N–H and O–H groups in total. The molecule has 0 fully saturated rings. The molecule has 0 spiro atoms. The molecule has 2 aromatic carbocycles. The molecule has 0 aliphatic heterocycles. The minimum Gasteiger partial charge on any atom is -0.494 e. The van der Waals surface area contributed by atoms with Gasteiger partial charge < -0.3 is 15.4 Å². The van der Waals surface area contributed by atoms with Crippen molar-refractivity contribution in [2.75, 3.05) is 23.8 Å². The number of unbranched alkanes of at least 4 members (excludes halogenated alkanes) is 1. The largest absolute Gasteiger partial charge is 0.494 e. The fourth-order valence-corrected chi connectivity index (χ4v) is 2.35. The van der Waals surface area contributed by atoms with Crippen LogP contribution in [0, 0.1) is 0 Å². The number of nitrogens with one attached hydrogen (secondary N) is 2. The van der Waals surface area contributed by atoms with E-state index in [1.807, 2.05) is 48.5 Å². The Kier molecular flexibility index (Phi) is 6.94. The van der Waals surface area contributed by atoms with Gasteiger partial charge in [-0.15, -0.1) is 0 Å². The van der Waals surface area contributed by atoms with Crippen molar-refractivity contribution in [2.24, 2.45) is 0 Å². The lowest BCUT2D eigenvalue weighted by atomic mass is 10.3. The zero-order valence-electron chi connectivity index (χ0n) is 13.1. The van der Waals surface area contributed by atoms with E-state index in [-0.39, 0.29) is 12.5 Å². The molecule has 0 aromatic heterocycles. The lowest BCUT2D eigenvalue weighted by Crippen LogP contribution is -2.21. The molecule has 0 aliphatic rings. The summed E-state index contributed by atoms with van der Waals surface area (Å²) in [5.74, 6) is 0.712. The molecule has 0 aliphatic carbocycles. The van der Waals surface area contributed by atoms with Gasteiger partial charge in [0.15, 0.2) is 0 Å². The van der Waals surface area contributed by atoms with E-state index in [2.05, 4.69) is 33.5 Å². The Balaban J connectivity index is 1.84. The van der Waals surface area contributed by atoms with Gasteiger partial charge in [-0.2, -0.15) is 0 Å². The highest BCUT2D eigenvalue weighted by Gasteiger charge is 2.05. The topological polar surface area (TPSA) is 50.4 Å². The van der Waals surface area contributed by atoms with Gasteiger partial charge in [0.25, 0.3) is 0 Å². The number of halogens is 1. The van der Waals surface area contributed by atoms with Gasteiger partial charge in [-0.1, -0.05) is 31.5 Å². The molecule has 0 saturated heterocycles. The third-order valence-electron chi connectivity index (χ3n) is 3.20. The van der Waals surface area contributed by atoms with E-state index in [0.29, 0.717) is 6.61 Å². The first kappa shape index (κ1) is 17.3. The first-order chi connectivity index (χ1) is 11.2. The molecule has 4 nitrogen and oxygen atoms in total. The van der Waals surface area contributed by atoms with Crippen molar-refractivity contribution in [2.45, 2.75) is 19.8 Å². The highest BCUT2D eigenvalue weighted by molar-refractivity contribution is 9.10. The number of carbonyl (C=O) groups excluding carboxylic acids is 1. The Labute approximate surface area is 145 Å². The molecule has 2 rings (SSSR count). The van der Waals surface area contributed by atoms with Crippen LogP contribution in [0.2, 0.25) is 0 Å². The minimum absolute atomic E-state index is 0.103. The van der Waals surface area contributed by atoms with Gasteiger partial charge in [-0.25, -0.2) is 0 Å². The van der Waals surface area contributed by atoms with Crippen molar-refractivity contribution in [3.05, 3.63) is 53.0 Å². The molecule has 5 heteroatoms. The number of rotatable bonds is 8. The van der Waals surface area contributed by atoms with E-state index in [0.717, 1.165) is 34.4 Å². The molecule has 122 valence electrons. The van der Waals surface area contributed by atoms with Crippen LogP contribution in [0.25, 0.3) is 0 Å².